The Balaban J connectivity index is 2.63. The van der Waals surface area contributed by atoms with Gasteiger partial charge in [0.2, 0.25) is 0 Å². The zero-order valence-corrected chi connectivity index (χ0v) is 10.0. The summed E-state index contributed by atoms with van der Waals surface area (Å²) in [7, 11) is 0. The van der Waals surface area contributed by atoms with E-state index in [1.165, 1.54) is 10.9 Å². The van der Waals surface area contributed by atoms with E-state index in [0.29, 0.717) is 11.3 Å². The number of nitrogens with two attached hydrogens (primary N) is 1. The second-order valence-electron chi connectivity index (χ2n) is 3.86. The van der Waals surface area contributed by atoms with Gasteiger partial charge in [-0.25, -0.2) is 4.68 Å². The molecule has 0 fully saturated rings. The number of oxime groups is 1. The van der Waals surface area contributed by atoms with Crippen molar-refractivity contribution in [1.29, 1.82) is 0 Å². The van der Waals surface area contributed by atoms with Crippen molar-refractivity contribution >= 4 is 11.5 Å². The summed E-state index contributed by atoms with van der Waals surface area (Å²) in [6, 6.07) is 5.19. The quantitative estimate of drug-likeness (QED) is 0.282. The first-order chi connectivity index (χ1) is 9.04. The molecule has 0 aliphatic heterocycles. The standard InChI is InChI=1S/C11H11N5O3/c1-7-3-2-4-9(11(12)14-17)10(7)15-6-8(5-13-15)16(18)19/h2-6,17H,1H3,(H2,12,14). The van der Waals surface area contributed by atoms with Crippen LogP contribution in [0.2, 0.25) is 0 Å². The minimum Gasteiger partial charge on any atom is -0.409 e. The van der Waals surface area contributed by atoms with Gasteiger partial charge < -0.3 is 10.9 Å². The SMILES string of the molecule is Cc1cccc(/C(N)=N/O)c1-n1cc([N+](=O)[O-])cn1. The molecule has 0 saturated carbocycles. The molecule has 0 unspecified atom stereocenters. The Hall–Kier alpha value is -2.90. The highest BCUT2D eigenvalue weighted by molar-refractivity contribution is 6.00. The predicted octanol–water partition coefficient (Wildman–Crippen LogP) is 1.18. The molecule has 3 N–H and O–H groups in total. The first-order valence-corrected chi connectivity index (χ1v) is 5.31. The van der Waals surface area contributed by atoms with Crippen molar-refractivity contribution in [2.45, 2.75) is 6.92 Å². The van der Waals surface area contributed by atoms with E-state index in [2.05, 4.69) is 10.3 Å². The molecule has 0 spiro atoms. The molecule has 8 heteroatoms. The third kappa shape index (κ3) is 2.23. The average molecular weight is 261 g/mol. The van der Waals surface area contributed by atoms with Gasteiger partial charge in [0, 0.05) is 5.56 Å². The molecule has 0 saturated heterocycles. The summed E-state index contributed by atoms with van der Waals surface area (Å²) in [5, 5.41) is 26.3. The zero-order valence-electron chi connectivity index (χ0n) is 10.0. The van der Waals surface area contributed by atoms with Crippen LogP contribution in [0.15, 0.2) is 35.7 Å². The number of amidine groups is 1. The van der Waals surface area contributed by atoms with E-state index in [0.717, 1.165) is 11.8 Å². The van der Waals surface area contributed by atoms with Crippen LogP contribution in [0.25, 0.3) is 5.69 Å². The van der Waals surface area contributed by atoms with Crippen LogP contribution in [0.5, 0.6) is 0 Å². The van der Waals surface area contributed by atoms with Gasteiger partial charge in [-0.1, -0.05) is 17.3 Å². The van der Waals surface area contributed by atoms with Gasteiger partial charge in [0.25, 0.3) is 0 Å². The highest BCUT2D eigenvalue weighted by Gasteiger charge is 2.16. The molecule has 0 aliphatic rings. The van der Waals surface area contributed by atoms with Crippen molar-refractivity contribution < 1.29 is 10.1 Å². The summed E-state index contributed by atoms with van der Waals surface area (Å²) >= 11 is 0. The summed E-state index contributed by atoms with van der Waals surface area (Å²) in [5.41, 5.74) is 7.23. The lowest BCUT2D eigenvalue weighted by molar-refractivity contribution is -0.384. The van der Waals surface area contributed by atoms with Gasteiger partial charge in [-0.15, -0.1) is 0 Å². The van der Waals surface area contributed by atoms with Gasteiger partial charge in [-0.2, -0.15) is 5.10 Å². The zero-order chi connectivity index (χ0) is 14.0. The van der Waals surface area contributed by atoms with Crippen molar-refractivity contribution in [2.24, 2.45) is 10.9 Å². The number of rotatable bonds is 3. The molecular weight excluding hydrogens is 250 g/mol. The van der Waals surface area contributed by atoms with Crippen LogP contribution in [-0.4, -0.2) is 25.7 Å². The lowest BCUT2D eigenvalue weighted by Gasteiger charge is -2.10. The Bertz CT molecular complexity index is 662. The van der Waals surface area contributed by atoms with Crippen molar-refractivity contribution in [3.8, 4) is 5.69 Å². The molecule has 19 heavy (non-hydrogen) atoms. The summed E-state index contributed by atoms with van der Waals surface area (Å²) in [4.78, 5) is 10.1. The average Bonchev–Trinajstić information content (AvgIpc) is 2.87. The summed E-state index contributed by atoms with van der Waals surface area (Å²) < 4.78 is 1.33. The normalized spacial score (nSPS) is 11.5. The third-order valence-corrected chi connectivity index (χ3v) is 2.63. The molecule has 98 valence electrons. The summed E-state index contributed by atoms with van der Waals surface area (Å²) in [5.74, 6) is -0.0862. The lowest BCUT2D eigenvalue weighted by atomic mass is 10.1. The summed E-state index contributed by atoms with van der Waals surface area (Å²) in [6.07, 6.45) is 2.42. The maximum atomic E-state index is 10.7. The molecule has 0 radical (unpaired) electrons. The number of para-hydroxylation sites is 1. The van der Waals surface area contributed by atoms with Crippen molar-refractivity contribution in [3.05, 3.63) is 51.8 Å². The van der Waals surface area contributed by atoms with Crippen LogP contribution in [-0.2, 0) is 0 Å². The molecule has 2 aromatic rings. The number of hydrogen-bond acceptors (Lipinski definition) is 5. The van der Waals surface area contributed by atoms with Gasteiger partial charge in [0.05, 0.1) is 10.6 Å². The fourth-order valence-electron chi connectivity index (χ4n) is 1.75. The maximum absolute atomic E-state index is 10.7. The predicted molar refractivity (Wildman–Crippen MR) is 67.5 cm³/mol. The molecule has 8 nitrogen and oxygen atoms in total. The van der Waals surface area contributed by atoms with Crippen LogP contribution in [0, 0.1) is 17.0 Å². The third-order valence-electron chi connectivity index (χ3n) is 2.63. The Morgan fingerprint density at radius 1 is 1.58 bits per heavy atom. The molecule has 2 rings (SSSR count). The van der Waals surface area contributed by atoms with E-state index in [-0.39, 0.29) is 11.5 Å². The highest BCUT2D eigenvalue weighted by atomic mass is 16.6. The van der Waals surface area contributed by atoms with Gasteiger partial charge in [0.15, 0.2) is 5.84 Å². The second kappa shape index (κ2) is 4.77. The molecular formula is C11H11N5O3. The molecule has 1 heterocycles. The van der Waals surface area contributed by atoms with E-state index in [9.17, 15) is 10.1 Å². The van der Waals surface area contributed by atoms with E-state index < -0.39 is 4.92 Å². The Labute approximate surface area is 107 Å². The largest absolute Gasteiger partial charge is 0.409 e. The van der Waals surface area contributed by atoms with Crippen LogP contribution in [0.1, 0.15) is 11.1 Å². The van der Waals surface area contributed by atoms with E-state index >= 15 is 0 Å². The minimum absolute atomic E-state index is 0.0862. The fraction of sp³-hybridized carbons (Fsp3) is 0.0909. The number of nitro groups is 1. The Kier molecular flexibility index (Phi) is 3.15. The van der Waals surface area contributed by atoms with Crippen LogP contribution >= 0.6 is 0 Å². The van der Waals surface area contributed by atoms with Crippen LogP contribution in [0.3, 0.4) is 0 Å². The fourth-order valence-corrected chi connectivity index (χ4v) is 1.75. The molecule has 0 aliphatic carbocycles. The van der Waals surface area contributed by atoms with E-state index in [1.54, 1.807) is 25.1 Å². The molecule has 0 bridgehead atoms. The number of nitrogens with zero attached hydrogens (tertiary/aromatic N) is 4. The first-order valence-electron chi connectivity index (χ1n) is 5.31. The van der Waals surface area contributed by atoms with Gasteiger partial charge in [0.1, 0.15) is 12.4 Å². The molecule has 0 atom stereocenters. The van der Waals surface area contributed by atoms with Gasteiger partial charge in [-0.3, -0.25) is 10.1 Å². The molecule has 1 aromatic carbocycles. The number of hydrogen-bond donors (Lipinski definition) is 2. The number of aromatic nitrogens is 2. The highest BCUT2D eigenvalue weighted by Crippen LogP contribution is 2.21. The topological polar surface area (TPSA) is 120 Å². The Morgan fingerprint density at radius 3 is 2.89 bits per heavy atom. The van der Waals surface area contributed by atoms with Crippen molar-refractivity contribution in [1.82, 2.24) is 9.78 Å². The summed E-state index contributed by atoms with van der Waals surface area (Å²) in [6.45, 7) is 1.80. The lowest BCUT2D eigenvalue weighted by Crippen LogP contribution is -2.17. The van der Waals surface area contributed by atoms with Crippen molar-refractivity contribution in [3.63, 3.8) is 0 Å². The molecule has 1 aromatic heterocycles. The molecule has 0 amide bonds. The van der Waals surface area contributed by atoms with E-state index in [1.807, 2.05) is 0 Å². The van der Waals surface area contributed by atoms with E-state index in [4.69, 9.17) is 10.9 Å². The smallest absolute Gasteiger partial charge is 0.307 e. The second-order valence-corrected chi connectivity index (χ2v) is 3.86. The Morgan fingerprint density at radius 2 is 2.32 bits per heavy atom. The van der Waals surface area contributed by atoms with Crippen LogP contribution in [0.4, 0.5) is 5.69 Å². The number of aryl methyl sites for hydroxylation is 1. The van der Waals surface area contributed by atoms with Gasteiger partial charge >= 0.3 is 5.69 Å². The minimum atomic E-state index is -0.537. The maximum Gasteiger partial charge on any atom is 0.307 e. The monoisotopic (exact) mass is 261 g/mol. The van der Waals surface area contributed by atoms with Crippen molar-refractivity contribution in [2.75, 3.05) is 0 Å². The van der Waals surface area contributed by atoms with Crippen LogP contribution < -0.4 is 5.73 Å². The van der Waals surface area contributed by atoms with Gasteiger partial charge in [-0.05, 0) is 18.6 Å². The number of benzene rings is 1. The first kappa shape index (κ1) is 12.6.